The maximum atomic E-state index is 12.0. The zero-order valence-electron chi connectivity index (χ0n) is 14.7. The Hall–Kier alpha value is -2.59. The smallest absolute Gasteiger partial charge is 0.339 e. The quantitative estimate of drug-likeness (QED) is 0.641. The summed E-state index contributed by atoms with van der Waals surface area (Å²) in [7, 11) is 0. The molecule has 0 aliphatic heterocycles. The lowest BCUT2D eigenvalue weighted by atomic mass is 10.0. The number of rotatable bonds is 7. The van der Waals surface area contributed by atoms with Gasteiger partial charge in [-0.15, -0.1) is 0 Å². The standard InChI is InChI=1S/C21H21ClN2O2/c1-2-7-19-20(21(25)26)18(13-12-15-8-4-3-5-9-15)23-24(19)17-11-6-10-16(22)14-17/h3-6,8-11,14H,2,7,12-13H2,1H3,(H,25,26). The van der Waals surface area contributed by atoms with Gasteiger partial charge in [0.1, 0.15) is 5.56 Å². The highest BCUT2D eigenvalue weighted by atomic mass is 35.5. The highest BCUT2D eigenvalue weighted by Gasteiger charge is 2.23. The Bertz CT molecular complexity index is 904. The van der Waals surface area contributed by atoms with Crippen molar-refractivity contribution in [3.63, 3.8) is 0 Å². The molecule has 1 N–H and O–H groups in total. The van der Waals surface area contributed by atoms with Gasteiger partial charge in [0.25, 0.3) is 0 Å². The van der Waals surface area contributed by atoms with Crippen LogP contribution < -0.4 is 0 Å². The third-order valence-corrected chi connectivity index (χ3v) is 4.54. The minimum absolute atomic E-state index is 0.322. The van der Waals surface area contributed by atoms with Gasteiger partial charge >= 0.3 is 5.97 Å². The molecular formula is C21H21ClN2O2. The zero-order chi connectivity index (χ0) is 18.5. The number of carboxylic acid groups (broad SMARTS) is 1. The molecule has 0 radical (unpaired) electrons. The first-order chi connectivity index (χ1) is 12.6. The van der Waals surface area contributed by atoms with Gasteiger partial charge in [-0.3, -0.25) is 0 Å². The molecule has 2 aromatic carbocycles. The Morgan fingerprint density at radius 3 is 2.50 bits per heavy atom. The van der Waals surface area contributed by atoms with Crippen LogP contribution in [0.1, 0.15) is 40.7 Å². The molecule has 1 aromatic heterocycles. The molecule has 4 nitrogen and oxygen atoms in total. The fourth-order valence-corrected chi connectivity index (χ4v) is 3.31. The maximum Gasteiger partial charge on any atom is 0.339 e. The molecule has 1 heterocycles. The first-order valence-corrected chi connectivity index (χ1v) is 9.12. The number of aromatic carboxylic acids is 1. The molecular weight excluding hydrogens is 348 g/mol. The van der Waals surface area contributed by atoms with Gasteiger partial charge < -0.3 is 5.11 Å². The molecule has 0 aliphatic rings. The van der Waals surface area contributed by atoms with Gasteiger partial charge in [-0.2, -0.15) is 5.10 Å². The molecule has 0 unspecified atom stereocenters. The largest absolute Gasteiger partial charge is 0.478 e. The fourth-order valence-electron chi connectivity index (χ4n) is 3.12. The Kier molecular flexibility index (Phi) is 5.74. The van der Waals surface area contributed by atoms with E-state index in [9.17, 15) is 9.90 Å². The highest BCUT2D eigenvalue weighted by molar-refractivity contribution is 6.30. The van der Waals surface area contributed by atoms with Crippen molar-refractivity contribution < 1.29 is 9.90 Å². The topological polar surface area (TPSA) is 55.1 Å². The van der Waals surface area contributed by atoms with Gasteiger partial charge in [0.15, 0.2) is 0 Å². The number of hydrogen-bond donors (Lipinski definition) is 1. The zero-order valence-corrected chi connectivity index (χ0v) is 15.4. The van der Waals surface area contributed by atoms with Crippen molar-refractivity contribution in [2.24, 2.45) is 0 Å². The average molecular weight is 369 g/mol. The lowest BCUT2D eigenvalue weighted by molar-refractivity contribution is 0.0694. The summed E-state index contributed by atoms with van der Waals surface area (Å²) in [6.45, 7) is 2.03. The second kappa shape index (κ2) is 8.19. The van der Waals surface area contributed by atoms with Crippen LogP contribution in [0.3, 0.4) is 0 Å². The van der Waals surface area contributed by atoms with E-state index in [2.05, 4.69) is 5.10 Å². The van der Waals surface area contributed by atoms with Gasteiger partial charge in [0, 0.05) is 5.02 Å². The van der Waals surface area contributed by atoms with Crippen molar-refractivity contribution in [2.75, 3.05) is 0 Å². The summed E-state index contributed by atoms with van der Waals surface area (Å²) in [5.41, 5.74) is 3.62. The Morgan fingerprint density at radius 1 is 1.08 bits per heavy atom. The van der Waals surface area contributed by atoms with Gasteiger partial charge in [-0.25, -0.2) is 9.48 Å². The van der Waals surface area contributed by atoms with E-state index in [1.807, 2.05) is 49.4 Å². The van der Waals surface area contributed by atoms with Crippen LogP contribution in [0.4, 0.5) is 0 Å². The minimum Gasteiger partial charge on any atom is -0.478 e. The van der Waals surface area contributed by atoms with Gasteiger partial charge in [0.05, 0.1) is 17.1 Å². The summed E-state index contributed by atoms with van der Waals surface area (Å²) in [6.07, 6.45) is 2.81. The van der Waals surface area contributed by atoms with Crippen molar-refractivity contribution in [1.29, 1.82) is 0 Å². The van der Waals surface area contributed by atoms with Gasteiger partial charge in [-0.05, 0) is 43.0 Å². The van der Waals surface area contributed by atoms with E-state index in [0.717, 1.165) is 29.8 Å². The van der Waals surface area contributed by atoms with E-state index in [0.29, 0.717) is 29.1 Å². The average Bonchev–Trinajstić information content (AvgIpc) is 3.00. The van der Waals surface area contributed by atoms with E-state index in [4.69, 9.17) is 11.6 Å². The summed E-state index contributed by atoms with van der Waals surface area (Å²) in [5.74, 6) is -0.926. The number of halogens is 1. The molecule has 0 aliphatic carbocycles. The highest BCUT2D eigenvalue weighted by Crippen LogP contribution is 2.24. The molecule has 0 spiro atoms. The van der Waals surface area contributed by atoms with Crippen LogP contribution in [0.25, 0.3) is 5.69 Å². The third-order valence-electron chi connectivity index (χ3n) is 4.30. The van der Waals surface area contributed by atoms with E-state index < -0.39 is 5.97 Å². The van der Waals surface area contributed by atoms with Gasteiger partial charge in [-0.1, -0.05) is 61.3 Å². The minimum atomic E-state index is -0.926. The molecule has 3 rings (SSSR count). The van der Waals surface area contributed by atoms with E-state index in [1.165, 1.54) is 0 Å². The normalized spacial score (nSPS) is 10.8. The van der Waals surface area contributed by atoms with Crippen LogP contribution in [0.2, 0.25) is 5.02 Å². The Labute approximate surface area is 158 Å². The lowest BCUT2D eigenvalue weighted by Gasteiger charge is -2.07. The van der Waals surface area contributed by atoms with E-state index in [1.54, 1.807) is 16.8 Å². The Balaban J connectivity index is 2.03. The predicted molar refractivity (Wildman–Crippen MR) is 103 cm³/mol. The van der Waals surface area contributed by atoms with Crippen molar-refractivity contribution >= 4 is 17.6 Å². The van der Waals surface area contributed by atoms with Gasteiger partial charge in [0.2, 0.25) is 0 Å². The van der Waals surface area contributed by atoms with Crippen LogP contribution >= 0.6 is 11.6 Å². The second-order valence-electron chi connectivity index (χ2n) is 6.20. The first-order valence-electron chi connectivity index (χ1n) is 8.74. The molecule has 5 heteroatoms. The van der Waals surface area contributed by atoms with Crippen LogP contribution in [0, 0.1) is 0 Å². The van der Waals surface area contributed by atoms with Crippen molar-refractivity contribution in [3.05, 3.63) is 82.1 Å². The number of carbonyl (C=O) groups is 1. The van der Waals surface area contributed by atoms with Crippen molar-refractivity contribution in [1.82, 2.24) is 9.78 Å². The molecule has 0 fully saturated rings. The number of benzene rings is 2. The summed E-state index contributed by atoms with van der Waals surface area (Å²) >= 11 is 6.12. The summed E-state index contributed by atoms with van der Waals surface area (Å²) in [4.78, 5) is 12.0. The number of nitrogens with zero attached hydrogens (tertiary/aromatic N) is 2. The van der Waals surface area contributed by atoms with Crippen LogP contribution in [-0.2, 0) is 19.3 Å². The molecule has 3 aromatic rings. The SMILES string of the molecule is CCCc1c(C(=O)O)c(CCc2ccccc2)nn1-c1cccc(Cl)c1. The molecule has 0 bridgehead atoms. The van der Waals surface area contributed by atoms with Crippen LogP contribution in [0.5, 0.6) is 0 Å². The summed E-state index contributed by atoms with van der Waals surface area (Å²) < 4.78 is 1.74. The van der Waals surface area contributed by atoms with Crippen molar-refractivity contribution in [3.8, 4) is 5.69 Å². The molecule has 0 amide bonds. The molecule has 134 valence electrons. The van der Waals surface area contributed by atoms with Crippen molar-refractivity contribution in [2.45, 2.75) is 32.6 Å². The number of aryl methyl sites for hydroxylation is 2. The molecule has 0 atom stereocenters. The fraction of sp³-hybridized carbons (Fsp3) is 0.238. The lowest BCUT2D eigenvalue weighted by Crippen LogP contribution is -2.07. The third kappa shape index (κ3) is 3.97. The summed E-state index contributed by atoms with van der Waals surface area (Å²) in [6, 6.07) is 17.4. The number of aromatic nitrogens is 2. The van der Waals surface area contributed by atoms with Crippen LogP contribution in [0.15, 0.2) is 54.6 Å². The first kappa shape index (κ1) is 18.2. The van der Waals surface area contributed by atoms with Crippen LogP contribution in [-0.4, -0.2) is 20.9 Å². The van der Waals surface area contributed by atoms with E-state index in [-0.39, 0.29) is 0 Å². The monoisotopic (exact) mass is 368 g/mol. The predicted octanol–water partition coefficient (Wildman–Crippen LogP) is 4.96. The van der Waals surface area contributed by atoms with E-state index >= 15 is 0 Å². The number of carboxylic acids is 1. The molecule has 0 saturated heterocycles. The molecule has 26 heavy (non-hydrogen) atoms. The second-order valence-corrected chi connectivity index (χ2v) is 6.64. The maximum absolute atomic E-state index is 12.0. The Morgan fingerprint density at radius 2 is 1.85 bits per heavy atom. The number of hydrogen-bond acceptors (Lipinski definition) is 2. The molecule has 0 saturated carbocycles. The summed E-state index contributed by atoms with van der Waals surface area (Å²) in [5, 5.41) is 15.1.